The van der Waals surface area contributed by atoms with Crippen molar-refractivity contribution in [3.05, 3.63) is 29.8 Å². The number of hydrogen-bond donors (Lipinski definition) is 1. The molecule has 20 heavy (non-hydrogen) atoms. The molecule has 5 nitrogen and oxygen atoms in total. The monoisotopic (exact) mass is 279 g/mol. The first-order valence-corrected chi connectivity index (χ1v) is 6.78. The molecule has 1 aliphatic rings. The van der Waals surface area contributed by atoms with E-state index in [1.807, 2.05) is 0 Å². The summed E-state index contributed by atoms with van der Waals surface area (Å²) >= 11 is 0. The van der Waals surface area contributed by atoms with Gasteiger partial charge in [0, 0.05) is 25.2 Å². The summed E-state index contributed by atoms with van der Waals surface area (Å²) in [7, 11) is 1.36. The molecule has 0 bridgehead atoms. The third-order valence-electron chi connectivity index (χ3n) is 3.81. The van der Waals surface area contributed by atoms with Gasteiger partial charge in [-0.05, 0) is 37.1 Å². The Bertz CT molecular complexity index is 438. The average Bonchev–Trinajstić information content (AvgIpc) is 2.53. The van der Waals surface area contributed by atoms with Crippen molar-refractivity contribution in [1.29, 1.82) is 0 Å². The maximum Gasteiger partial charge on any atom is 0.337 e. The third kappa shape index (κ3) is 3.49. The Morgan fingerprint density at radius 2 is 1.95 bits per heavy atom. The molecular formula is C15H21NO4. The topological polar surface area (TPSA) is 70.8 Å². The number of rotatable bonds is 5. The minimum absolute atomic E-state index is 0.000724. The first-order chi connectivity index (χ1) is 9.69. The zero-order chi connectivity index (χ0) is 14.4. The van der Waals surface area contributed by atoms with Crippen LogP contribution in [0.1, 0.15) is 23.2 Å². The van der Waals surface area contributed by atoms with Crippen LogP contribution in [0.2, 0.25) is 0 Å². The van der Waals surface area contributed by atoms with Gasteiger partial charge in [0.2, 0.25) is 0 Å². The summed E-state index contributed by atoms with van der Waals surface area (Å²) in [6.45, 7) is 2.64. The average molecular weight is 279 g/mol. The SMILES string of the molecule is COC(=O)c1ccc(OCC2(CN)CCOCC2)cc1. The Balaban J connectivity index is 1.94. The number of carbonyl (C=O) groups is 1. The minimum Gasteiger partial charge on any atom is -0.493 e. The van der Waals surface area contributed by atoms with Crippen molar-refractivity contribution in [3.8, 4) is 5.75 Å². The fraction of sp³-hybridized carbons (Fsp3) is 0.533. The molecule has 2 N–H and O–H groups in total. The first-order valence-electron chi connectivity index (χ1n) is 6.78. The summed E-state index contributed by atoms with van der Waals surface area (Å²) in [5.74, 6) is 0.386. The van der Waals surface area contributed by atoms with Crippen LogP contribution in [0, 0.1) is 5.41 Å². The molecule has 0 radical (unpaired) electrons. The van der Waals surface area contributed by atoms with Gasteiger partial charge in [0.15, 0.2) is 0 Å². The molecule has 0 aromatic heterocycles. The maximum atomic E-state index is 11.3. The standard InChI is InChI=1S/C15H21NO4/c1-18-14(17)12-2-4-13(5-3-12)20-11-15(10-16)6-8-19-9-7-15/h2-5H,6-11,16H2,1H3. The van der Waals surface area contributed by atoms with Gasteiger partial charge in [0.05, 0.1) is 19.3 Å². The van der Waals surface area contributed by atoms with E-state index in [2.05, 4.69) is 4.74 Å². The van der Waals surface area contributed by atoms with Crippen LogP contribution in [-0.2, 0) is 9.47 Å². The molecule has 1 aromatic rings. The second-order valence-electron chi connectivity index (χ2n) is 5.12. The van der Waals surface area contributed by atoms with Gasteiger partial charge in [-0.15, -0.1) is 0 Å². The molecule has 1 aliphatic heterocycles. The van der Waals surface area contributed by atoms with Gasteiger partial charge in [0.25, 0.3) is 0 Å². The Hall–Kier alpha value is -1.59. The van der Waals surface area contributed by atoms with E-state index in [0.29, 0.717) is 18.7 Å². The summed E-state index contributed by atoms with van der Waals surface area (Å²) in [5, 5.41) is 0. The lowest BCUT2D eigenvalue weighted by molar-refractivity contribution is -0.00500. The van der Waals surface area contributed by atoms with Crippen molar-refractivity contribution in [2.75, 3.05) is 33.5 Å². The Labute approximate surface area is 119 Å². The Morgan fingerprint density at radius 1 is 1.30 bits per heavy atom. The van der Waals surface area contributed by atoms with Crippen LogP contribution >= 0.6 is 0 Å². The van der Waals surface area contributed by atoms with Gasteiger partial charge in [0.1, 0.15) is 5.75 Å². The van der Waals surface area contributed by atoms with Gasteiger partial charge in [-0.1, -0.05) is 0 Å². The molecule has 1 fully saturated rings. The molecule has 0 saturated carbocycles. The normalized spacial score (nSPS) is 17.5. The van der Waals surface area contributed by atoms with Crippen molar-refractivity contribution < 1.29 is 19.0 Å². The highest BCUT2D eigenvalue weighted by Crippen LogP contribution is 2.30. The number of nitrogens with two attached hydrogens (primary N) is 1. The smallest absolute Gasteiger partial charge is 0.337 e. The Kier molecular flexibility index (Phi) is 4.98. The predicted octanol–water partition coefficient (Wildman–Crippen LogP) is 1.61. The lowest BCUT2D eigenvalue weighted by Gasteiger charge is -2.35. The molecule has 2 rings (SSSR count). The van der Waals surface area contributed by atoms with Crippen LogP contribution in [0.3, 0.4) is 0 Å². The molecule has 1 saturated heterocycles. The molecule has 0 atom stereocenters. The van der Waals surface area contributed by atoms with Crippen LogP contribution < -0.4 is 10.5 Å². The predicted molar refractivity (Wildman–Crippen MR) is 74.8 cm³/mol. The van der Waals surface area contributed by atoms with E-state index in [1.165, 1.54) is 7.11 Å². The minimum atomic E-state index is -0.348. The van der Waals surface area contributed by atoms with Crippen LogP contribution in [0.5, 0.6) is 5.75 Å². The molecule has 0 unspecified atom stereocenters. The number of methoxy groups -OCH3 is 1. The molecule has 5 heteroatoms. The van der Waals surface area contributed by atoms with Crippen LogP contribution in [0.4, 0.5) is 0 Å². The molecular weight excluding hydrogens is 258 g/mol. The van der Waals surface area contributed by atoms with Crippen molar-refractivity contribution in [1.82, 2.24) is 0 Å². The fourth-order valence-electron chi connectivity index (χ4n) is 2.25. The summed E-state index contributed by atoms with van der Waals surface area (Å²) in [4.78, 5) is 11.3. The zero-order valence-corrected chi connectivity index (χ0v) is 11.8. The van der Waals surface area contributed by atoms with Gasteiger partial charge in [-0.25, -0.2) is 4.79 Å². The maximum absolute atomic E-state index is 11.3. The molecule has 110 valence electrons. The molecule has 0 aliphatic carbocycles. The van der Waals surface area contributed by atoms with E-state index >= 15 is 0 Å². The van der Waals surface area contributed by atoms with Gasteiger partial charge in [-0.3, -0.25) is 0 Å². The van der Waals surface area contributed by atoms with E-state index in [9.17, 15) is 4.79 Å². The summed E-state index contributed by atoms with van der Waals surface area (Å²) in [6.07, 6.45) is 1.84. The van der Waals surface area contributed by atoms with Gasteiger partial charge < -0.3 is 19.9 Å². The zero-order valence-electron chi connectivity index (χ0n) is 11.8. The van der Waals surface area contributed by atoms with Crippen molar-refractivity contribution in [3.63, 3.8) is 0 Å². The van der Waals surface area contributed by atoms with Gasteiger partial charge in [-0.2, -0.15) is 0 Å². The van der Waals surface area contributed by atoms with Crippen molar-refractivity contribution in [2.45, 2.75) is 12.8 Å². The number of ether oxygens (including phenoxy) is 3. The number of hydrogen-bond acceptors (Lipinski definition) is 5. The molecule has 0 spiro atoms. The summed E-state index contributed by atoms with van der Waals surface area (Å²) in [6, 6.07) is 6.94. The highest BCUT2D eigenvalue weighted by atomic mass is 16.5. The molecule has 1 aromatic carbocycles. The van der Waals surface area contributed by atoms with Gasteiger partial charge >= 0.3 is 5.97 Å². The second-order valence-corrected chi connectivity index (χ2v) is 5.12. The molecule has 0 amide bonds. The number of esters is 1. The quantitative estimate of drug-likeness (QED) is 0.829. The van der Waals surface area contributed by atoms with E-state index in [-0.39, 0.29) is 11.4 Å². The Morgan fingerprint density at radius 3 is 2.50 bits per heavy atom. The highest BCUT2D eigenvalue weighted by molar-refractivity contribution is 5.89. The fourth-order valence-corrected chi connectivity index (χ4v) is 2.25. The lowest BCUT2D eigenvalue weighted by atomic mass is 9.81. The number of benzene rings is 1. The summed E-state index contributed by atoms with van der Waals surface area (Å²) < 4.78 is 15.8. The van der Waals surface area contributed by atoms with E-state index < -0.39 is 0 Å². The highest BCUT2D eigenvalue weighted by Gasteiger charge is 2.32. The first kappa shape index (κ1) is 14.8. The van der Waals surface area contributed by atoms with Crippen molar-refractivity contribution >= 4 is 5.97 Å². The molecule has 1 heterocycles. The third-order valence-corrected chi connectivity index (χ3v) is 3.81. The van der Waals surface area contributed by atoms with E-state index in [4.69, 9.17) is 15.2 Å². The second kappa shape index (κ2) is 6.72. The largest absolute Gasteiger partial charge is 0.493 e. The van der Waals surface area contributed by atoms with E-state index in [1.54, 1.807) is 24.3 Å². The number of carbonyl (C=O) groups excluding carboxylic acids is 1. The van der Waals surface area contributed by atoms with Crippen molar-refractivity contribution in [2.24, 2.45) is 11.1 Å². The lowest BCUT2D eigenvalue weighted by Crippen LogP contribution is -2.41. The summed E-state index contributed by atoms with van der Waals surface area (Å²) in [5.41, 5.74) is 6.40. The van der Waals surface area contributed by atoms with Crippen LogP contribution in [0.15, 0.2) is 24.3 Å². The van der Waals surface area contributed by atoms with Crippen LogP contribution in [0.25, 0.3) is 0 Å². The van der Waals surface area contributed by atoms with E-state index in [0.717, 1.165) is 31.8 Å². The van der Waals surface area contributed by atoms with Crippen LogP contribution in [-0.4, -0.2) is 39.4 Å².